The predicted octanol–water partition coefficient (Wildman–Crippen LogP) is 3.38. The van der Waals surface area contributed by atoms with E-state index in [1.54, 1.807) is 6.20 Å². The fourth-order valence-electron chi connectivity index (χ4n) is 2.62. The van der Waals surface area contributed by atoms with Crippen molar-refractivity contribution >= 4 is 28.1 Å². The Morgan fingerprint density at radius 1 is 1.23 bits per heavy atom. The molecule has 0 fully saturated rings. The number of amides is 1. The van der Waals surface area contributed by atoms with Crippen LogP contribution in [0.2, 0.25) is 0 Å². The summed E-state index contributed by atoms with van der Waals surface area (Å²) < 4.78 is 1.89. The quantitative estimate of drug-likeness (QED) is 0.594. The Morgan fingerprint density at radius 2 is 2.14 bits per heavy atom. The number of carbonyl (C=O) groups excluding carboxylic acids is 1. The third kappa shape index (κ3) is 2.03. The van der Waals surface area contributed by atoms with E-state index in [0.29, 0.717) is 5.69 Å². The molecule has 0 atom stereocenters. The molecule has 0 radical (unpaired) electrons. The van der Waals surface area contributed by atoms with E-state index in [2.05, 4.69) is 15.3 Å². The van der Waals surface area contributed by atoms with Crippen LogP contribution in [0.5, 0.6) is 0 Å². The molecule has 3 heterocycles. The molecule has 0 saturated heterocycles. The van der Waals surface area contributed by atoms with Crippen molar-refractivity contribution in [2.24, 2.45) is 0 Å². The van der Waals surface area contributed by atoms with Gasteiger partial charge in [0.1, 0.15) is 11.3 Å². The normalized spacial score (nSPS) is 11.1. The van der Waals surface area contributed by atoms with E-state index in [9.17, 15) is 4.79 Å². The molecule has 0 bridgehead atoms. The van der Waals surface area contributed by atoms with Crippen molar-refractivity contribution in [2.75, 3.05) is 5.32 Å². The van der Waals surface area contributed by atoms with Crippen molar-refractivity contribution in [1.29, 1.82) is 0 Å². The lowest BCUT2D eigenvalue weighted by Gasteiger charge is -2.04. The SMILES string of the molecule is Cc1cccc2cc(C(=O)Nc3ccn4ccnc4c3)[nH]c12. The zero-order valence-electron chi connectivity index (χ0n) is 12.0. The van der Waals surface area contributed by atoms with Gasteiger partial charge in [0.15, 0.2) is 0 Å². The molecule has 4 rings (SSSR count). The highest BCUT2D eigenvalue weighted by Crippen LogP contribution is 2.20. The second-order valence-corrected chi connectivity index (χ2v) is 5.28. The first-order valence-electron chi connectivity index (χ1n) is 7.03. The first kappa shape index (κ1) is 12.6. The molecule has 2 N–H and O–H groups in total. The number of rotatable bonds is 2. The van der Waals surface area contributed by atoms with Gasteiger partial charge in [0, 0.05) is 41.2 Å². The van der Waals surface area contributed by atoms with Gasteiger partial charge in [0.05, 0.1) is 0 Å². The van der Waals surface area contributed by atoms with E-state index >= 15 is 0 Å². The number of anilines is 1. The third-order valence-corrected chi connectivity index (χ3v) is 3.76. The molecule has 3 aromatic heterocycles. The number of fused-ring (bicyclic) bond motifs is 2. The van der Waals surface area contributed by atoms with Crippen molar-refractivity contribution in [1.82, 2.24) is 14.4 Å². The fraction of sp³-hybridized carbons (Fsp3) is 0.0588. The van der Waals surface area contributed by atoms with Crippen molar-refractivity contribution in [3.05, 3.63) is 66.2 Å². The number of H-pyrrole nitrogens is 1. The lowest BCUT2D eigenvalue weighted by molar-refractivity contribution is 0.102. The summed E-state index contributed by atoms with van der Waals surface area (Å²) >= 11 is 0. The summed E-state index contributed by atoms with van der Waals surface area (Å²) in [4.78, 5) is 19.8. The van der Waals surface area contributed by atoms with E-state index in [1.807, 2.05) is 60.1 Å². The molecule has 108 valence electrons. The van der Waals surface area contributed by atoms with Gasteiger partial charge in [-0.2, -0.15) is 0 Å². The fourth-order valence-corrected chi connectivity index (χ4v) is 2.62. The largest absolute Gasteiger partial charge is 0.350 e. The standard InChI is InChI=1S/C17H14N4O/c1-11-3-2-4-12-9-14(20-16(11)12)17(22)19-13-5-7-21-8-6-18-15(21)10-13/h2-10,20H,1H3,(H,19,22). The lowest BCUT2D eigenvalue weighted by Crippen LogP contribution is -2.12. The number of aryl methyl sites for hydroxylation is 1. The van der Waals surface area contributed by atoms with Crippen LogP contribution in [0.25, 0.3) is 16.6 Å². The van der Waals surface area contributed by atoms with Gasteiger partial charge in [-0.1, -0.05) is 18.2 Å². The molecule has 22 heavy (non-hydrogen) atoms. The Hall–Kier alpha value is -3.08. The topological polar surface area (TPSA) is 62.2 Å². The molecule has 5 heteroatoms. The van der Waals surface area contributed by atoms with Crippen LogP contribution in [0.1, 0.15) is 16.1 Å². The van der Waals surface area contributed by atoms with Gasteiger partial charge in [-0.15, -0.1) is 0 Å². The van der Waals surface area contributed by atoms with Gasteiger partial charge < -0.3 is 14.7 Å². The zero-order chi connectivity index (χ0) is 15.1. The first-order valence-corrected chi connectivity index (χ1v) is 7.03. The summed E-state index contributed by atoms with van der Waals surface area (Å²) in [6.07, 6.45) is 5.45. The van der Waals surface area contributed by atoms with Crippen LogP contribution in [0.3, 0.4) is 0 Å². The van der Waals surface area contributed by atoms with Crippen LogP contribution >= 0.6 is 0 Å². The number of hydrogen-bond acceptors (Lipinski definition) is 2. The summed E-state index contributed by atoms with van der Waals surface area (Å²) in [6.45, 7) is 2.02. The number of hydrogen-bond donors (Lipinski definition) is 2. The summed E-state index contributed by atoms with van der Waals surface area (Å²) in [6, 6.07) is 11.6. The molecule has 4 aromatic rings. The van der Waals surface area contributed by atoms with Crippen LogP contribution in [-0.2, 0) is 0 Å². The Morgan fingerprint density at radius 3 is 3.00 bits per heavy atom. The minimum Gasteiger partial charge on any atom is -0.350 e. The number of aromatic nitrogens is 3. The predicted molar refractivity (Wildman–Crippen MR) is 86.2 cm³/mol. The van der Waals surface area contributed by atoms with Gasteiger partial charge >= 0.3 is 0 Å². The van der Waals surface area contributed by atoms with E-state index < -0.39 is 0 Å². The number of nitrogens with zero attached hydrogens (tertiary/aromatic N) is 2. The second kappa shape index (κ2) is 4.73. The molecular formula is C17H14N4O. The van der Waals surface area contributed by atoms with Gasteiger partial charge in [0.2, 0.25) is 0 Å². The molecule has 0 aliphatic rings. The number of aromatic amines is 1. The number of nitrogens with one attached hydrogen (secondary N) is 2. The van der Waals surface area contributed by atoms with Crippen molar-refractivity contribution < 1.29 is 4.79 Å². The summed E-state index contributed by atoms with van der Waals surface area (Å²) in [5.74, 6) is -0.161. The molecule has 5 nitrogen and oxygen atoms in total. The first-order chi connectivity index (χ1) is 10.7. The summed E-state index contributed by atoms with van der Waals surface area (Å²) in [5, 5.41) is 3.93. The van der Waals surface area contributed by atoms with E-state index in [1.165, 1.54) is 0 Å². The molecule has 0 aliphatic carbocycles. The number of para-hydroxylation sites is 1. The molecule has 0 unspecified atom stereocenters. The monoisotopic (exact) mass is 290 g/mol. The molecular weight excluding hydrogens is 276 g/mol. The molecule has 1 aromatic carbocycles. The van der Waals surface area contributed by atoms with Crippen LogP contribution < -0.4 is 5.32 Å². The lowest BCUT2D eigenvalue weighted by atomic mass is 10.2. The number of imidazole rings is 1. The highest BCUT2D eigenvalue weighted by atomic mass is 16.1. The highest BCUT2D eigenvalue weighted by molar-refractivity contribution is 6.06. The average molecular weight is 290 g/mol. The maximum absolute atomic E-state index is 12.4. The molecule has 0 saturated carbocycles. The Bertz CT molecular complexity index is 996. The van der Waals surface area contributed by atoms with Crippen molar-refractivity contribution in [3.63, 3.8) is 0 Å². The van der Waals surface area contributed by atoms with Gasteiger partial charge in [-0.25, -0.2) is 4.98 Å². The maximum atomic E-state index is 12.4. The number of benzene rings is 1. The van der Waals surface area contributed by atoms with Crippen LogP contribution in [-0.4, -0.2) is 20.3 Å². The van der Waals surface area contributed by atoms with Crippen molar-refractivity contribution in [3.8, 4) is 0 Å². The van der Waals surface area contributed by atoms with Gasteiger partial charge in [-0.3, -0.25) is 4.79 Å². The smallest absolute Gasteiger partial charge is 0.272 e. The second-order valence-electron chi connectivity index (χ2n) is 5.28. The van der Waals surface area contributed by atoms with E-state index in [4.69, 9.17) is 0 Å². The maximum Gasteiger partial charge on any atom is 0.272 e. The Balaban J connectivity index is 1.66. The number of carbonyl (C=O) groups is 1. The van der Waals surface area contributed by atoms with Crippen LogP contribution in [0, 0.1) is 6.92 Å². The van der Waals surface area contributed by atoms with Crippen LogP contribution in [0.4, 0.5) is 5.69 Å². The Kier molecular flexibility index (Phi) is 2.72. The van der Waals surface area contributed by atoms with E-state index in [-0.39, 0.29) is 5.91 Å². The van der Waals surface area contributed by atoms with Gasteiger partial charge in [-0.05, 0) is 24.6 Å². The van der Waals surface area contributed by atoms with Gasteiger partial charge in [0.25, 0.3) is 5.91 Å². The number of pyridine rings is 1. The minimum absolute atomic E-state index is 0.161. The zero-order valence-corrected chi connectivity index (χ0v) is 12.0. The highest BCUT2D eigenvalue weighted by Gasteiger charge is 2.11. The van der Waals surface area contributed by atoms with Crippen molar-refractivity contribution in [2.45, 2.75) is 6.92 Å². The summed E-state index contributed by atoms with van der Waals surface area (Å²) in [7, 11) is 0. The van der Waals surface area contributed by atoms with Crippen LogP contribution in [0.15, 0.2) is 55.0 Å². The molecule has 1 amide bonds. The Labute approximate surface area is 126 Å². The van der Waals surface area contributed by atoms with E-state index in [0.717, 1.165) is 27.8 Å². The third-order valence-electron chi connectivity index (χ3n) is 3.76. The summed E-state index contributed by atoms with van der Waals surface area (Å²) in [5.41, 5.74) is 4.18. The molecule has 0 aliphatic heterocycles. The average Bonchev–Trinajstić information content (AvgIpc) is 3.13. The minimum atomic E-state index is -0.161. The molecule has 0 spiro atoms.